The molecule has 0 heterocycles. The van der Waals surface area contributed by atoms with Crippen LogP contribution in [0.5, 0.6) is 0 Å². The third kappa shape index (κ3) is 669. The summed E-state index contributed by atoms with van der Waals surface area (Å²) in [4.78, 5) is 0. The molecule has 1 radical (unpaired) electrons. The van der Waals surface area contributed by atoms with Crippen LogP contribution in [0.4, 0.5) is 0 Å². The molecule has 0 aliphatic carbocycles. The summed E-state index contributed by atoms with van der Waals surface area (Å²) in [5.41, 5.74) is 10.2. The van der Waals surface area contributed by atoms with Crippen LogP contribution in [0.25, 0.3) is 0 Å². The fraction of sp³-hybridized carbons (Fsp3) is 0.444. The van der Waals surface area contributed by atoms with Gasteiger partial charge in [-0.15, -0.1) is 0 Å². The van der Waals surface area contributed by atoms with Crippen molar-refractivity contribution in [2.24, 2.45) is 11.5 Å². The molecule has 0 fully saturated rings. The molecule has 0 aliphatic rings. The molecule has 8 nitrogen and oxygen atoms in total. The van der Waals surface area contributed by atoms with E-state index in [0.29, 0.717) is 26.3 Å². The summed E-state index contributed by atoms with van der Waals surface area (Å²) in [7, 11) is 0. The van der Waals surface area contributed by atoms with Crippen LogP contribution in [0.2, 0.25) is 0 Å². The molecule has 97 valence electrons. The van der Waals surface area contributed by atoms with Gasteiger partial charge in [0.25, 0.3) is 0 Å². The van der Waals surface area contributed by atoms with Crippen LogP contribution in [0.15, 0.2) is 0 Å². The predicted molar refractivity (Wildman–Crippen MR) is 53.8 cm³/mol. The summed E-state index contributed by atoms with van der Waals surface area (Å²) >= 11 is 0. The maximum absolute atomic E-state index is 6.25. The molecule has 0 unspecified atom stereocenters. The van der Waals surface area contributed by atoms with Gasteiger partial charge in [0.1, 0.15) is 0 Å². The minimum atomic E-state index is 0. The van der Waals surface area contributed by atoms with Gasteiger partial charge in [0.2, 0.25) is 0 Å². The summed E-state index contributed by atoms with van der Waals surface area (Å²) in [5.74, 6) is 0. The van der Waals surface area contributed by atoms with Crippen molar-refractivity contribution in [2.75, 3.05) is 26.3 Å². The predicted octanol–water partition coefficient (Wildman–Crippen LogP) is -0.600. The molecular formula is C9H12FeN7O. The fourth-order valence-electron chi connectivity index (χ4n) is 0.269. The zero-order valence-corrected chi connectivity index (χ0v) is 10.6. The van der Waals surface area contributed by atoms with Crippen molar-refractivity contribution < 1.29 is 21.8 Å². The van der Waals surface area contributed by atoms with Gasteiger partial charge in [0, 0.05) is 13.1 Å². The number of rotatable bonds is 4. The Hall–Kier alpha value is -2.15. The van der Waals surface area contributed by atoms with Gasteiger partial charge in [-0.2, -0.15) is 0 Å². The van der Waals surface area contributed by atoms with E-state index in [1.54, 1.807) is 0 Å². The Morgan fingerprint density at radius 2 is 0.778 bits per heavy atom. The van der Waals surface area contributed by atoms with Crippen LogP contribution < -0.4 is 11.5 Å². The summed E-state index contributed by atoms with van der Waals surface area (Å²) < 4.78 is 4.88. The van der Waals surface area contributed by atoms with Gasteiger partial charge in [-0.05, 0) is 0 Å². The van der Waals surface area contributed by atoms with Gasteiger partial charge in [0.05, 0.1) is 13.2 Å². The first-order valence-electron chi connectivity index (χ1n) is 3.51. The van der Waals surface area contributed by atoms with Gasteiger partial charge >= 0.3 is 17.1 Å². The van der Waals surface area contributed by atoms with E-state index < -0.39 is 0 Å². The molecule has 0 aromatic heterocycles. The summed E-state index contributed by atoms with van der Waals surface area (Å²) in [6, 6.07) is 0. The Labute approximate surface area is 119 Å². The number of ether oxygens (including phenoxy) is 1. The third-order valence-electron chi connectivity index (χ3n) is 0.524. The normalized spacial score (nSPS) is 4.22. The first-order chi connectivity index (χ1) is 8.41. The molecule has 0 rings (SSSR count). The van der Waals surface area contributed by atoms with Crippen molar-refractivity contribution in [1.82, 2.24) is 0 Å². The third-order valence-corrected chi connectivity index (χ3v) is 0.524. The zero-order chi connectivity index (χ0) is 15.5. The Morgan fingerprint density at radius 1 is 0.611 bits per heavy atom. The molecule has 0 bridgehead atoms. The molecule has 0 amide bonds. The SMILES string of the molecule is NCCOCCN.[C-]#N.[C-]#N.[C-]#N.[C-]#N.[C-]#N.[Fe+5]. The first-order valence-corrected chi connectivity index (χ1v) is 3.51. The maximum Gasteiger partial charge on any atom is 5.00 e. The molecule has 9 heteroatoms. The zero-order valence-electron chi connectivity index (χ0n) is 9.48. The average Bonchev–Trinajstić information content (AvgIpc) is 2.50. The van der Waals surface area contributed by atoms with E-state index in [-0.39, 0.29) is 17.1 Å². The van der Waals surface area contributed by atoms with Gasteiger partial charge in [0.15, 0.2) is 0 Å². The molecule has 0 aromatic rings. The van der Waals surface area contributed by atoms with Crippen molar-refractivity contribution >= 4 is 0 Å². The van der Waals surface area contributed by atoms with Crippen molar-refractivity contribution in [1.29, 1.82) is 26.3 Å². The fourth-order valence-corrected chi connectivity index (χ4v) is 0.269. The molecule has 0 aromatic carbocycles. The molecule has 0 spiro atoms. The average molecular weight is 290 g/mol. The Balaban J connectivity index is -0.0000000189. The number of hydrogen-bond donors (Lipinski definition) is 2. The number of hydrogen-bond acceptors (Lipinski definition) is 8. The van der Waals surface area contributed by atoms with Crippen molar-refractivity contribution in [2.45, 2.75) is 0 Å². The molecule has 4 N–H and O–H groups in total. The van der Waals surface area contributed by atoms with Gasteiger partial charge in [-0.1, -0.05) is 0 Å². The summed E-state index contributed by atoms with van der Waals surface area (Å²) in [6.07, 6.45) is 0. The van der Waals surface area contributed by atoms with E-state index in [2.05, 4.69) is 0 Å². The Morgan fingerprint density at radius 3 is 0.889 bits per heavy atom. The largest absolute Gasteiger partial charge is 5.00 e. The quantitative estimate of drug-likeness (QED) is 0.391. The van der Waals surface area contributed by atoms with Crippen LogP contribution in [0, 0.1) is 59.2 Å². The topological polar surface area (TPSA) is 180 Å². The van der Waals surface area contributed by atoms with Crippen LogP contribution in [-0.4, -0.2) is 26.3 Å². The van der Waals surface area contributed by atoms with E-state index >= 15 is 0 Å². The van der Waals surface area contributed by atoms with Gasteiger partial charge in [-0.3, -0.25) is 0 Å². The molecular weight excluding hydrogens is 278 g/mol. The number of nitrogens with two attached hydrogens (primary N) is 2. The van der Waals surface area contributed by atoms with Crippen molar-refractivity contribution in [3.63, 3.8) is 0 Å². The summed E-state index contributed by atoms with van der Waals surface area (Å²) in [5, 5.41) is 31.2. The second-order valence-corrected chi connectivity index (χ2v) is 1.19. The van der Waals surface area contributed by atoms with Gasteiger partial charge < -0.3 is 75.4 Å². The second kappa shape index (κ2) is 351. The molecule has 0 saturated heterocycles. The van der Waals surface area contributed by atoms with E-state index in [0.717, 1.165) is 0 Å². The standard InChI is InChI=1S/C4H12N2O.5CN.Fe/c5-1-3-7-4-2-6;5*1-2;/h1-6H2;;;;;;/q;5*-1;+5. The van der Waals surface area contributed by atoms with E-state index in [1.165, 1.54) is 0 Å². The van der Waals surface area contributed by atoms with Crippen LogP contribution in [0.3, 0.4) is 0 Å². The molecule has 18 heavy (non-hydrogen) atoms. The van der Waals surface area contributed by atoms with Crippen LogP contribution in [-0.2, 0) is 21.8 Å². The Bertz CT molecular complexity index is 137. The van der Waals surface area contributed by atoms with Crippen molar-refractivity contribution in [3.8, 4) is 0 Å². The van der Waals surface area contributed by atoms with E-state index in [4.69, 9.17) is 75.4 Å². The molecule has 0 saturated carbocycles. The Kier molecular flexibility index (Phi) is 870. The van der Waals surface area contributed by atoms with Crippen LogP contribution in [0.1, 0.15) is 0 Å². The maximum atomic E-state index is 6.25. The number of nitrogens with zero attached hydrogens (tertiary/aromatic N) is 5. The monoisotopic (exact) mass is 290 g/mol. The minimum absolute atomic E-state index is 0. The summed E-state index contributed by atoms with van der Waals surface area (Å²) in [6.45, 7) is 26.2. The molecule has 0 aliphatic heterocycles. The van der Waals surface area contributed by atoms with Gasteiger partial charge in [-0.25, -0.2) is 0 Å². The van der Waals surface area contributed by atoms with E-state index in [1.807, 2.05) is 0 Å². The smallest absolute Gasteiger partial charge is 0.512 e. The molecule has 0 atom stereocenters. The van der Waals surface area contributed by atoms with E-state index in [9.17, 15) is 0 Å². The minimum Gasteiger partial charge on any atom is -0.512 e. The van der Waals surface area contributed by atoms with Crippen LogP contribution >= 0.6 is 0 Å². The first kappa shape index (κ1) is 44.6. The second-order valence-electron chi connectivity index (χ2n) is 1.19. The van der Waals surface area contributed by atoms with Crippen molar-refractivity contribution in [3.05, 3.63) is 32.9 Å².